The zero-order chi connectivity index (χ0) is 20.5. The van der Waals surface area contributed by atoms with Gasteiger partial charge < -0.3 is 35.6 Å². The molecule has 1 fully saturated rings. The molecule has 0 spiro atoms. The zero-order valence-corrected chi connectivity index (χ0v) is 15.3. The molecule has 4 rings (SSSR count). The van der Waals surface area contributed by atoms with E-state index in [-0.39, 0.29) is 11.5 Å². The molecule has 0 bridgehead atoms. The van der Waals surface area contributed by atoms with Crippen molar-refractivity contribution < 1.29 is 30.3 Å². The van der Waals surface area contributed by atoms with Crippen molar-refractivity contribution in [2.24, 2.45) is 0 Å². The van der Waals surface area contributed by atoms with Crippen molar-refractivity contribution in [3.05, 3.63) is 36.4 Å². The van der Waals surface area contributed by atoms with E-state index < -0.39 is 31.1 Å². The van der Waals surface area contributed by atoms with Crippen LogP contribution < -0.4 is 5.32 Å². The van der Waals surface area contributed by atoms with Gasteiger partial charge in [-0.2, -0.15) is 0 Å². The summed E-state index contributed by atoms with van der Waals surface area (Å²) in [5, 5.41) is 51.6. The molecule has 154 valence electrons. The number of hydrogen-bond donors (Lipinski definition) is 6. The molecule has 6 N–H and O–H groups in total. The SMILES string of the molecule is OC[C@@H]1O[C@@H](n2cnc3c(NCCc4ccc(O)c(O)c4)ncnc32)[C@H](O)[C@@H]1O. The number of ether oxygens (including phenoxy) is 1. The highest BCUT2D eigenvalue weighted by Gasteiger charge is 2.44. The molecule has 4 atom stereocenters. The number of aliphatic hydroxyl groups is 3. The molecular formula is C18H21N5O6. The molecule has 1 aliphatic rings. The van der Waals surface area contributed by atoms with Gasteiger partial charge in [0.15, 0.2) is 34.7 Å². The predicted molar refractivity (Wildman–Crippen MR) is 100 cm³/mol. The molecule has 2 aromatic heterocycles. The van der Waals surface area contributed by atoms with E-state index in [0.29, 0.717) is 29.9 Å². The number of nitrogens with one attached hydrogen (secondary N) is 1. The Bertz CT molecular complexity index is 1010. The number of imidazole rings is 1. The Labute approximate surface area is 164 Å². The van der Waals surface area contributed by atoms with Gasteiger partial charge in [-0.05, 0) is 24.1 Å². The molecule has 1 saturated heterocycles. The monoisotopic (exact) mass is 403 g/mol. The van der Waals surface area contributed by atoms with E-state index in [1.807, 2.05) is 0 Å². The third-order valence-corrected chi connectivity index (χ3v) is 4.90. The first-order valence-corrected chi connectivity index (χ1v) is 9.04. The van der Waals surface area contributed by atoms with Crippen LogP contribution in [-0.2, 0) is 11.2 Å². The van der Waals surface area contributed by atoms with Crippen LogP contribution in [0.1, 0.15) is 11.8 Å². The van der Waals surface area contributed by atoms with Crippen LogP contribution in [0.5, 0.6) is 11.5 Å². The van der Waals surface area contributed by atoms with Crippen LogP contribution in [0.4, 0.5) is 5.82 Å². The number of hydrogen-bond acceptors (Lipinski definition) is 10. The van der Waals surface area contributed by atoms with Gasteiger partial charge in [0.1, 0.15) is 24.6 Å². The fourth-order valence-corrected chi connectivity index (χ4v) is 3.33. The minimum absolute atomic E-state index is 0.172. The molecule has 1 aliphatic heterocycles. The normalized spacial score (nSPS) is 24.2. The van der Waals surface area contributed by atoms with E-state index in [1.165, 1.54) is 29.4 Å². The number of nitrogens with zero attached hydrogens (tertiary/aromatic N) is 4. The summed E-state index contributed by atoms with van der Waals surface area (Å²) in [4.78, 5) is 12.7. The highest BCUT2D eigenvalue weighted by molar-refractivity contribution is 5.82. The van der Waals surface area contributed by atoms with Gasteiger partial charge in [0, 0.05) is 6.54 Å². The lowest BCUT2D eigenvalue weighted by Gasteiger charge is -2.16. The van der Waals surface area contributed by atoms with Crippen LogP contribution in [0.2, 0.25) is 0 Å². The van der Waals surface area contributed by atoms with Crippen molar-refractivity contribution >= 4 is 17.0 Å². The van der Waals surface area contributed by atoms with E-state index in [4.69, 9.17) is 4.74 Å². The molecular weight excluding hydrogens is 382 g/mol. The molecule has 11 nitrogen and oxygen atoms in total. The van der Waals surface area contributed by atoms with Crippen LogP contribution in [0.15, 0.2) is 30.9 Å². The number of anilines is 1. The van der Waals surface area contributed by atoms with Crippen LogP contribution in [0.25, 0.3) is 11.2 Å². The molecule has 3 heterocycles. The smallest absolute Gasteiger partial charge is 0.167 e. The Balaban J connectivity index is 1.51. The van der Waals surface area contributed by atoms with Crippen LogP contribution in [-0.4, -0.2) is 76.5 Å². The fourth-order valence-electron chi connectivity index (χ4n) is 3.33. The van der Waals surface area contributed by atoms with Gasteiger partial charge in [-0.15, -0.1) is 0 Å². The molecule has 0 saturated carbocycles. The van der Waals surface area contributed by atoms with E-state index in [9.17, 15) is 25.5 Å². The number of phenols is 2. The summed E-state index contributed by atoms with van der Waals surface area (Å²) in [6.45, 7) is 0.0625. The lowest BCUT2D eigenvalue weighted by atomic mass is 10.1. The van der Waals surface area contributed by atoms with E-state index >= 15 is 0 Å². The summed E-state index contributed by atoms with van der Waals surface area (Å²) >= 11 is 0. The number of rotatable bonds is 6. The number of benzene rings is 1. The van der Waals surface area contributed by atoms with E-state index in [2.05, 4.69) is 20.3 Å². The lowest BCUT2D eigenvalue weighted by Crippen LogP contribution is -2.33. The van der Waals surface area contributed by atoms with Gasteiger partial charge in [-0.3, -0.25) is 4.57 Å². The highest BCUT2D eigenvalue weighted by atomic mass is 16.6. The third-order valence-electron chi connectivity index (χ3n) is 4.90. The largest absolute Gasteiger partial charge is 0.504 e. The molecule has 29 heavy (non-hydrogen) atoms. The Kier molecular flexibility index (Phi) is 5.20. The second-order valence-corrected chi connectivity index (χ2v) is 6.78. The van der Waals surface area contributed by atoms with Crippen molar-refractivity contribution in [2.75, 3.05) is 18.5 Å². The molecule has 1 aromatic carbocycles. The van der Waals surface area contributed by atoms with Crippen molar-refractivity contribution in [3.63, 3.8) is 0 Å². The standard InChI is InChI=1S/C18H21N5O6/c24-6-12-14(27)15(28)18(29-12)23-8-22-13-16(20-7-21-17(13)23)19-4-3-9-1-2-10(25)11(26)5-9/h1-2,5,7-8,12,14-15,18,24-28H,3-4,6H2,(H,19,20,21)/t12-,14+,15+,18+/m0/s1. The summed E-state index contributed by atoms with van der Waals surface area (Å²) in [5.74, 6) is 0.127. The van der Waals surface area contributed by atoms with Gasteiger partial charge in [-0.1, -0.05) is 6.07 Å². The maximum absolute atomic E-state index is 10.2. The average Bonchev–Trinajstić information content (AvgIpc) is 3.26. The van der Waals surface area contributed by atoms with E-state index in [1.54, 1.807) is 6.07 Å². The number of aliphatic hydroxyl groups excluding tert-OH is 3. The molecule has 3 aromatic rings. The van der Waals surface area contributed by atoms with Crippen LogP contribution in [0, 0.1) is 0 Å². The van der Waals surface area contributed by atoms with Gasteiger partial charge in [0.05, 0.1) is 12.9 Å². The summed E-state index contributed by atoms with van der Waals surface area (Å²) in [6, 6.07) is 4.63. The predicted octanol–water partition coefficient (Wildman–Crippen LogP) is -0.496. The Hall–Kier alpha value is -2.99. The van der Waals surface area contributed by atoms with Crippen molar-refractivity contribution in [3.8, 4) is 11.5 Å². The van der Waals surface area contributed by atoms with Gasteiger partial charge in [0.2, 0.25) is 0 Å². The van der Waals surface area contributed by atoms with Crippen molar-refractivity contribution in [1.29, 1.82) is 0 Å². The minimum atomic E-state index is -1.24. The third kappa shape index (κ3) is 3.56. The minimum Gasteiger partial charge on any atom is -0.504 e. The topological polar surface area (TPSA) is 166 Å². The summed E-state index contributed by atoms with van der Waals surface area (Å²) in [6.07, 6.45) is -0.945. The van der Waals surface area contributed by atoms with Crippen molar-refractivity contribution in [2.45, 2.75) is 31.0 Å². The van der Waals surface area contributed by atoms with Crippen molar-refractivity contribution in [1.82, 2.24) is 19.5 Å². The lowest BCUT2D eigenvalue weighted by molar-refractivity contribution is -0.0511. The summed E-state index contributed by atoms with van der Waals surface area (Å²) in [5.41, 5.74) is 1.69. The Morgan fingerprint density at radius 3 is 2.62 bits per heavy atom. The van der Waals surface area contributed by atoms with Gasteiger partial charge in [-0.25, -0.2) is 15.0 Å². The first kappa shape index (κ1) is 19.3. The Morgan fingerprint density at radius 2 is 1.90 bits per heavy atom. The second-order valence-electron chi connectivity index (χ2n) is 6.78. The molecule has 0 unspecified atom stereocenters. The Morgan fingerprint density at radius 1 is 1.07 bits per heavy atom. The maximum Gasteiger partial charge on any atom is 0.167 e. The number of fused-ring (bicyclic) bond motifs is 1. The number of aromatic nitrogens is 4. The summed E-state index contributed by atoms with van der Waals surface area (Å²) in [7, 11) is 0. The maximum atomic E-state index is 10.2. The molecule has 0 amide bonds. The van der Waals surface area contributed by atoms with Crippen LogP contribution >= 0.6 is 0 Å². The highest BCUT2D eigenvalue weighted by Crippen LogP contribution is 2.32. The number of aromatic hydroxyl groups is 2. The fraction of sp³-hybridized carbons (Fsp3) is 0.389. The zero-order valence-electron chi connectivity index (χ0n) is 15.3. The van der Waals surface area contributed by atoms with Gasteiger partial charge in [0.25, 0.3) is 0 Å². The quantitative estimate of drug-likeness (QED) is 0.295. The molecule has 11 heteroatoms. The summed E-state index contributed by atoms with van der Waals surface area (Å²) < 4.78 is 7.03. The average molecular weight is 403 g/mol. The molecule has 0 aliphatic carbocycles. The van der Waals surface area contributed by atoms with Gasteiger partial charge >= 0.3 is 0 Å². The number of phenolic OH excluding ortho intramolecular Hbond substituents is 2. The molecule has 0 radical (unpaired) electrons. The second kappa shape index (κ2) is 7.79. The van der Waals surface area contributed by atoms with E-state index in [0.717, 1.165) is 5.56 Å². The first-order chi connectivity index (χ1) is 14.0. The van der Waals surface area contributed by atoms with Crippen LogP contribution in [0.3, 0.4) is 0 Å². The first-order valence-electron chi connectivity index (χ1n) is 9.04.